The van der Waals surface area contributed by atoms with Crippen LogP contribution < -0.4 is 11.0 Å². The van der Waals surface area contributed by atoms with Crippen molar-refractivity contribution >= 4 is 5.91 Å². The predicted octanol–water partition coefficient (Wildman–Crippen LogP) is 3.13. The van der Waals surface area contributed by atoms with Gasteiger partial charge in [-0.2, -0.15) is 0 Å². The van der Waals surface area contributed by atoms with Crippen molar-refractivity contribution in [3.05, 3.63) is 40.8 Å². The van der Waals surface area contributed by atoms with E-state index in [1.807, 2.05) is 34.9 Å². The minimum absolute atomic E-state index is 0.0726. The lowest BCUT2D eigenvalue weighted by Gasteiger charge is -2.08. The lowest BCUT2D eigenvalue weighted by Crippen LogP contribution is -2.32. The maximum atomic E-state index is 12.8. The van der Waals surface area contributed by atoms with Crippen molar-refractivity contribution in [3.8, 4) is 11.4 Å². The molecule has 2 saturated carbocycles. The van der Waals surface area contributed by atoms with Crippen LogP contribution in [0.1, 0.15) is 57.4 Å². The summed E-state index contributed by atoms with van der Waals surface area (Å²) in [6.07, 6.45) is 8.79. The van der Waals surface area contributed by atoms with E-state index in [1.54, 1.807) is 0 Å². The van der Waals surface area contributed by atoms with Crippen molar-refractivity contribution in [2.24, 2.45) is 5.92 Å². The molecule has 2 aliphatic carbocycles. The van der Waals surface area contributed by atoms with Gasteiger partial charge in [0.25, 0.3) is 0 Å². The van der Waals surface area contributed by atoms with Gasteiger partial charge in [0.15, 0.2) is 5.82 Å². The van der Waals surface area contributed by atoms with Gasteiger partial charge in [-0.1, -0.05) is 56.0 Å². The summed E-state index contributed by atoms with van der Waals surface area (Å²) < 4.78 is 3.31. The highest BCUT2D eigenvalue weighted by atomic mass is 16.2. The summed E-state index contributed by atoms with van der Waals surface area (Å²) in [6.45, 7) is 0.854. The summed E-state index contributed by atoms with van der Waals surface area (Å²) in [7, 11) is 0. The highest BCUT2D eigenvalue weighted by Crippen LogP contribution is 2.36. The van der Waals surface area contributed by atoms with E-state index >= 15 is 0 Å². The fourth-order valence-corrected chi connectivity index (χ4v) is 4.04. The number of amides is 1. The number of hydrogen-bond acceptors (Lipinski definition) is 3. The van der Waals surface area contributed by atoms with E-state index in [0.717, 1.165) is 36.6 Å². The molecule has 1 N–H and O–H groups in total. The number of rotatable bonds is 8. The minimum atomic E-state index is -0.0726. The van der Waals surface area contributed by atoms with Gasteiger partial charge in [-0.3, -0.25) is 9.36 Å². The number of hydrogen-bond donors (Lipinski definition) is 1. The zero-order chi connectivity index (χ0) is 18.6. The topological polar surface area (TPSA) is 68.9 Å². The van der Waals surface area contributed by atoms with Crippen molar-refractivity contribution in [3.63, 3.8) is 0 Å². The highest BCUT2D eigenvalue weighted by Gasteiger charge is 2.30. The largest absolute Gasteiger partial charge is 0.354 e. The second kappa shape index (κ2) is 8.11. The van der Waals surface area contributed by atoms with Crippen LogP contribution in [-0.2, 0) is 11.3 Å². The fraction of sp³-hybridized carbons (Fsp3) is 0.571. The molecule has 0 spiro atoms. The second-order valence-corrected chi connectivity index (χ2v) is 7.84. The maximum Gasteiger partial charge on any atom is 0.346 e. The van der Waals surface area contributed by atoms with E-state index in [1.165, 1.54) is 30.4 Å². The summed E-state index contributed by atoms with van der Waals surface area (Å²) in [5.74, 6) is 1.54. The molecule has 0 saturated heterocycles. The zero-order valence-electron chi connectivity index (χ0n) is 15.8. The van der Waals surface area contributed by atoms with E-state index in [0.29, 0.717) is 19.5 Å². The molecule has 1 heterocycles. The third-order valence-corrected chi connectivity index (χ3v) is 5.71. The van der Waals surface area contributed by atoms with Crippen molar-refractivity contribution in [2.45, 2.75) is 64.0 Å². The third kappa shape index (κ3) is 4.31. The molecule has 0 aliphatic heterocycles. The van der Waals surface area contributed by atoms with Crippen molar-refractivity contribution in [2.75, 3.05) is 6.54 Å². The van der Waals surface area contributed by atoms with Crippen LogP contribution in [0.3, 0.4) is 0 Å². The molecule has 4 rings (SSSR count). The average Bonchev–Trinajstić information content (AvgIpc) is 3.27. The smallest absolute Gasteiger partial charge is 0.346 e. The van der Waals surface area contributed by atoms with E-state index in [-0.39, 0.29) is 17.6 Å². The third-order valence-electron chi connectivity index (χ3n) is 5.71. The van der Waals surface area contributed by atoms with Gasteiger partial charge in [0.05, 0.1) is 6.54 Å². The number of carbonyl (C=O) groups is 1. The van der Waals surface area contributed by atoms with Crippen LogP contribution in [0.15, 0.2) is 35.1 Å². The van der Waals surface area contributed by atoms with Crippen LogP contribution in [0.4, 0.5) is 0 Å². The molecule has 1 amide bonds. The Kier molecular flexibility index (Phi) is 5.41. The van der Waals surface area contributed by atoms with Crippen LogP contribution in [-0.4, -0.2) is 26.8 Å². The SMILES string of the molecule is O=C(CCC1CCCC1)NCCn1nc(-c2ccccc2)n(C2CC2)c1=O. The van der Waals surface area contributed by atoms with E-state index in [9.17, 15) is 9.59 Å². The Morgan fingerprint density at radius 1 is 1.11 bits per heavy atom. The maximum absolute atomic E-state index is 12.8. The van der Waals surface area contributed by atoms with Crippen LogP contribution >= 0.6 is 0 Å². The summed E-state index contributed by atoms with van der Waals surface area (Å²) in [4.78, 5) is 24.8. The Labute approximate surface area is 159 Å². The number of carbonyl (C=O) groups excluding carboxylic acids is 1. The first-order valence-corrected chi connectivity index (χ1v) is 10.2. The molecular weight excluding hydrogens is 340 g/mol. The van der Waals surface area contributed by atoms with E-state index < -0.39 is 0 Å². The lowest BCUT2D eigenvalue weighted by molar-refractivity contribution is -0.121. The normalized spacial score (nSPS) is 17.3. The molecule has 0 unspecified atom stereocenters. The number of nitrogens with one attached hydrogen (secondary N) is 1. The van der Waals surface area contributed by atoms with Gasteiger partial charge in [0.1, 0.15) is 0 Å². The Morgan fingerprint density at radius 2 is 1.85 bits per heavy atom. The van der Waals surface area contributed by atoms with Crippen molar-refractivity contribution < 1.29 is 4.79 Å². The summed E-state index contributed by atoms with van der Waals surface area (Å²) in [6, 6.07) is 10.1. The lowest BCUT2D eigenvalue weighted by atomic mass is 10.0. The molecule has 0 atom stereocenters. The van der Waals surface area contributed by atoms with Crippen molar-refractivity contribution in [1.29, 1.82) is 0 Å². The minimum Gasteiger partial charge on any atom is -0.354 e. The molecular formula is C21H28N4O2. The van der Waals surface area contributed by atoms with E-state index in [4.69, 9.17) is 0 Å². The quantitative estimate of drug-likeness (QED) is 0.778. The van der Waals surface area contributed by atoms with Crippen LogP contribution in [0.2, 0.25) is 0 Å². The Balaban J connectivity index is 1.36. The molecule has 2 aliphatic rings. The zero-order valence-corrected chi connectivity index (χ0v) is 15.8. The number of aromatic nitrogens is 3. The van der Waals surface area contributed by atoms with Gasteiger partial charge < -0.3 is 5.32 Å². The average molecular weight is 368 g/mol. The first-order chi connectivity index (χ1) is 13.2. The van der Waals surface area contributed by atoms with Crippen LogP contribution in [0.25, 0.3) is 11.4 Å². The molecule has 144 valence electrons. The van der Waals surface area contributed by atoms with Gasteiger partial charge in [0.2, 0.25) is 5.91 Å². The standard InChI is InChI=1S/C21H28N4O2/c26-19(13-10-16-6-4-5-7-16)22-14-15-24-21(27)25(18-11-12-18)20(23-24)17-8-2-1-3-9-17/h1-3,8-9,16,18H,4-7,10-15H2,(H,22,26). The van der Waals surface area contributed by atoms with Crippen LogP contribution in [0, 0.1) is 5.92 Å². The molecule has 0 bridgehead atoms. The number of benzene rings is 1. The Bertz CT molecular complexity index is 830. The Hall–Kier alpha value is -2.37. The molecule has 6 heteroatoms. The van der Waals surface area contributed by atoms with Gasteiger partial charge in [-0.15, -0.1) is 5.10 Å². The Morgan fingerprint density at radius 3 is 2.56 bits per heavy atom. The van der Waals surface area contributed by atoms with Crippen LogP contribution in [0.5, 0.6) is 0 Å². The van der Waals surface area contributed by atoms with Gasteiger partial charge in [0, 0.05) is 24.6 Å². The highest BCUT2D eigenvalue weighted by molar-refractivity contribution is 5.75. The summed E-state index contributed by atoms with van der Waals surface area (Å²) in [5, 5.41) is 7.51. The fourth-order valence-electron chi connectivity index (χ4n) is 4.04. The summed E-state index contributed by atoms with van der Waals surface area (Å²) in [5.41, 5.74) is 0.886. The summed E-state index contributed by atoms with van der Waals surface area (Å²) >= 11 is 0. The molecule has 6 nitrogen and oxygen atoms in total. The second-order valence-electron chi connectivity index (χ2n) is 7.84. The first kappa shape index (κ1) is 18.0. The molecule has 2 aromatic rings. The monoisotopic (exact) mass is 368 g/mol. The van der Waals surface area contributed by atoms with Crippen molar-refractivity contribution in [1.82, 2.24) is 19.7 Å². The van der Waals surface area contributed by atoms with Gasteiger partial charge in [-0.05, 0) is 25.2 Å². The molecule has 0 radical (unpaired) electrons. The van der Waals surface area contributed by atoms with Gasteiger partial charge >= 0.3 is 5.69 Å². The molecule has 1 aromatic carbocycles. The van der Waals surface area contributed by atoms with E-state index in [2.05, 4.69) is 10.4 Å². The molecule has 1 aromatic heterocycles. The first-order valence-electron chi connectivity index (χ1n) is 10.2. The number of nitrogens with zero attached hydrogens (tertiary/aromatic N) is 3. The molecule has 2 fully saturated rings. The molecule has 27 heavy (non-hydrogen) atoms. The predicted molar refractivity (Wildman–Crippen MR) is 104 cm³/mol. The van der Waals surface area contributed by atoms with Gasteiger partial charge in [-0.25, -0.2) is 9.48 Å².